The molecule has 4 nitrogen and oxygen atoms in total. The van der Waals surface area contributed by atoms with Crippen LogP contribution >= 0.6 is 0 Å². The van der Waals surface area contributed by atoms with Gasteiger partial charge in [0, 0.05) is 11.7 Å². The van der Waals surface area contributed by atoms with Gasteiger partial charge in [-0.1, -0.05) is 6.92 Å². The minimum absolute atomic E-state index is 0.0306. The molecule has 80 valence electrons. The van der Waals surface area contributed by atoms with Crippen LogP contribution in [0.2, 0.25) is 0 Å². The lowest BCUT2D eigenvalue weighted by Crippen LogP contribution is -2.29. The quantitative estimate of drug-likeness (QED) is 0.736. The van der Waals surface area contributed by atoms with E-state index in [2.05, 4.69) is 11.1 Å². The molecule has 0 aliphatic heterocycles. The summed E-state index contributed by atoms with van der Waals surface area (Å²) in [6, 6.07) is 2.15. The summed E-state index contributed by atoms with van der Waals surface area (Å²) in [5.74, 6) is 0. The highest BCUT2D eigenvalue weighted by atomic mass is 16.1. The number of hydrogen-bond donors (Lipinski definition) is 0. The first-order valence-electron chi connectivity index (χ1n) is 5.05. The highest BCUT2D eigenvalue weighted by Gasteiger charge is 2.14. The Labute approximate surface area is 89.2 Å². The van der Waals surface area contributed by atoms with Gasteiger partial charge in [0.1, 0.15) is 6.07 Å². The van der Waals surface area contributed by atoms with Gasteiger partial charge in [0.05, 0.1) is 11.3 Å². The van der Waals surface area contributed by atoms with Crippen molar-refractivity contribution in [3.05, 3.63) is 27.4 Å². The predicted octanol–water partition coefficient (Wildman–Crippen LogP) is 1.57. The molecule has 1 aromatic rings. The lowest BCUT2D eigenvalue weighted by molar-refractivity contribution is 0.543. The molecule has 15 heavy (non-hydrogen) atoms. The average Bonchev–Trinajstić information content (AvgIpc) is 2.16. The Hall–Kier alpha value is -1.63. The van der Waals surface area contributed by atoms with Crippen LogP contribution in [-0.2, 0) is 6.42 Å². The summed E-state index contributed by atoms with van der Waals surface area (Å²) >= 11 is 0. The third-order valence-corrected chi connectivity index (χ3v) is 2.41. The molecular formula is C11H15N3O. The van der Waals surface area contributed by atoms with Crippen LogP contribution in [0.5, 0.6) is 0 Å². The van der Waals surface area contributed by atoms with Gasteiger partial charge in [0.2, 0.25) is 0 Å². The minimum Gasteiger partial charge on any atom is -0.293 e. The summed E-state index contributed by atoms with van der Waals surface area (Å²) in [5.41, 5.74) is 1.57. The molecule has 0 radical (unpaired) electrons. The van der Waals surface area contributed by atoms with Crippen LogP contribution in [0.4, 0.5) is 0 Å². The maximum atomic E-state index is 11.7. The number of nitrogens with zero attached hydrogens (tertiary/aromatic N) is 3. The molecular weight excluding hydrogens is 190 g/mol. The fourth-order valence-corrected chi connectivity index (χ4v) is 1.71. The van der Waals surface area contributed by atoms with E-state index in [9.17, 15) is 4.79 Å². The van der Waals surface area contributed by atoms with E-state index in [1.807, 2.05) is 20.8 Å². The van der Waals surface area contributed by atoms with Crippen LogP contribution in [0.3, 0.4) is 0 Å². The lowest BCUT2D eigenvalue weighted by atomic mass is 10.1. The van der Waals surface area contributed by atoms with Crippen LogP contribution in [0.15, 0.2) is 4.79 Å². The summed E-state index contributed by atoms with van der Waals surface area (Å²) < 4.78 is 1.55. The molecule has 0 amide bonds. The van der Waals surface area contributed by atoms with E-state index in [0.29, 0.717) is 23.4 Å². The van der Waals surface area contributed by atoms with Crippen molar-refractivity contribution in [1.29, 1.82) is 5.26 Å². The van der Waals surface area contributed by atoms with E-state index in [1.54, 1.807) is 11.5 Å². The van der Waals surface area contributed by atoms with Crippen molar-refractivity contribution < 1.29 is 0 Å². The molecule has 0 spiro atoms. The van der Waals surface area contributed by atoms with Crippen LogP contribution < -0.4 is 5.69 Å². The number of aromatic nitrogens is 2. The largest absolute Gasteiger partial charge is 0.348 e. The predicted molar refractivity (Wildman–Crippen MR) is 57.7 cm³/mol. The third-order valence-electron chi connectivity index (χ3n) is 2.41. The number of nitriles is 1. The molecule has 0 aromatic carbocycles. The molecule has 1 heterocycles. The average molecular weight is 205 g/mol. The second kappa shape index (κ2) is 4.26. The summed E-state index contributed by atoms with van der Waals surface area (Å²) in [5, 5.41) is 9.02. The van der Waals surface area contributed by atoms with Crippen molar-refractivity contribution in [3.8, 4) is 6.07 Å². The molecule has 0 atom stereocenters. The first-order chi connectivity index (χ1) is 7.02. The van der Waals surface area contributed by atoms with Crippen molar-refractivity contribution in [2.45, 2.75) is 40.2 Å². The van der Waals surface area contributed by atoms with Crippen LogP contribution in [0, 0.1) is 18.3 Å². The first-order valence-corrected chi connectivity index (χ1v) is 5.05. The lowest BCUT2D eigenvalue weighted by Gasteiger charge is -2.15. The number of aryl methyl sites for hydroxylation is 1. The maximum absolute atomic E-state index is 11.7. The summed E-state index contributed by atoms with van der Waals surface area (Å²) in [4.78, 5) is 15.6. The molecule has 0 unspecified atom stereocenters. The Morgan fingerprint density at radius 2 is 2.13 bits per heavy atom. The van der Waals surface area contributed by atoms with E-state index in [0.717, 1.165) is 0 Å². The van der Waals surface area contributed by atoms with Crippen molar-refractivity contribution >= 4 is 0 Å². The van der Waals surface area contributed by atoms with Gasteiger partial charge in [-0.25, -0.2) is 4.79 Å². The second-order valence-corrected chi connectivity index (χ2v) is 3.73. The zero-order valence-corrected chi connectivity index (χ0v) is 9.53. The normalized spacial score (nSPS) is 10.4. The first kappa shape index (κ1) is 11.4. The molecule has 0 aliphatic rings. The number of rotatable bonds is 2. The van der Waals surface area contributed by atoms with Gasteiger partial charge in [-0.2, -0.15) is 10.2 Å². The molecule has 1 aromatic heterocycles. The van der Waals surface area contributed by atoms with E-state index < -0.39 is 0 Å². The van der Waals surface area contributed by atoms with Gasteiger partial charge in [-0.05, 0) is 27.2 Å². The van der Waals surface area contributed by atoms with Gasteiger partial charge in [-0.15, -0.1) is 0 Å². The maximum Gasteiger partial charge on any atom is 0.348 e. The van der Waals surface area contributed by atoms with Crippen LogP contribution in [0.1, 0.15) is 43.8 Å². The van der Waals surface area contributed by atoms with Gasteiger partial charge in [0.25, 0.3) is 0 Å². The van der Waals surface area contributed by atoms with Crippen molar-refractivity contribution in [3.63, 3.8) is 0 Å². The fourth-order valence-electron chi connectivity index (χ4n) is 1.71. The van der Waals surface area contributed by atoms with Gasteiger partial charge < -0.3 is 0 Å². The zero-order chi connectivity index (χ0) is 11.6. The highest BCUT2D eigenvalue weighted by Crippen LogP contribution is 2.12. The van der Waals surface area contributed by atoms with Crippen molar-refractivity contribution in [1.82, 2.24) is 9.55 Å². The third kappa shape index (κ3) is 1.91. The molecule has 4 heteroatoms. The summed E-state index contributed by atoms with van der Waals surface area (Å²) in [6.07, 6.45) is 0.609. The Morgan fingerprint density at radius 1 is 1.53 bits per heavy atom. The van der Waals surface area contributed by atoms with Crippen LogP contribution in [-0.4, -0.2) is 9.55 Å². The molecule has 0 saturated carbocycles. The summed E-state index contributed by atoms with van der Waals surface area (Å²) in [6.45, 7) is 7.49. The smallest absolute Gasteiger partial charge is 0.293 e. The Balaban J connectivity index is 3.61. The number of hydrogen-bond acceptors (Lipinski definition) is 3. The molecule has 0 N–H and O–H groups in total. The second-order valence-electron chi connectivity index (χ2n) is 3.73. The molecule has 0 saturated heterocycles. The Kier molecular flexibility index (Phi) is 3.25. The molecule has 1 rings (SSSR count). The van der Waals surface area contributed by atoms with Gasteiger partial charge in [-0.3, -0.25) is 4.57 Å². The highest BCUT2D eigenvalue weighted by molar-refractivity contribution is 5.37. The fraction of sp³-hybridized carbons (Fsp3) is 0.545. The molecule has 0 fully saturated rings. The van der Waals surface area contributed by atoms with E-state index in [-0.39, 0.29) is 11.7 Å². The Morgan fingerprint density at radius 3 is 2.53 bits per heavy atom. The molecule has 0 bridgehead atoms. The topological polar surface area (TPSA) is 58.7 Å². The zero-order valence-electron chi connectivity index (χ0n) is 9.53. The minimum atomic E-state index is -0.265. The monoisotopic (exact) mass is 205 g/mol. The molecule has 0 aliphatic carbocycles. The van der Waals surface area contributed by atoms with Gasteiger partial charge in [0.15, 0.2) is 0 Å². The summed E-state index contributed by atoms with van der Waals surface area (Å²) in [7, 11) is 0. The standard InChI is InChI=1S/C11H15N3O/c1-5-10-9(6-12)8(4)14(7(2)3)11(15)13-10/h7H,5H2,1-4H3. The van der Waals surface area contributed by atoms with Crippen LogP contribution in [0.25, 0.3) is 0 Å². The van der Waals surface area contributed by atoms with Gasteiger partial charge >= 0.3 is 5.69 Å². The Bertz CT molecular complexity index is 466. The van der Waals surface area contributed by atoms with E-state index >= 15 is 0 Å². The van der Waals surface area contributed by atoms with Crippen molar-refractivity contribution in [2.75, 3.05) is 0 Å². The van der Waals surface area contributed by atoms with Crippen molar-refractivity contribution in [2.24, 2.45) is 0 Å². The SMILES string of the molecule is CCc1nc(=O)n(C(C)C)c(C)c1C#N. The van der Waals surface area contributed by atoms with E-state index in [4.69, 9.17) is 5.26 Å². The van der Waals surface area contributed by atoms with E-state index in [1.165, 1.54) is 0 Å².